The summed E-state index contributed by atoms with van der Waals surface area (Å²) in [5.74, 6) is 6.57. The predicted octanol–water partition coefficient (Wildman–Crippen LogP) is 1.96. The van der Waals surface area contributed by atoms with Crippen LogP contribution in [0.5, 0.6) is 0 Å². The van der Waals surface area contributed by atoms with Gasteiger partial charge in [-0.05, 0) is 24.6 Å². The minimum Gasteiger partial charge on any atom is -0.395 e. The summed E-state index contributed by atoms with van der Waals surface area (Å²) in [5.41, 5.74) is 0.738. The van der Waals surface area contributed by atoms with Crippen LogP contribution in [-0.4, -0.2) is 35.7 Å². The second kappa shape index (κ2) is 8.20. The van der Waals surface area contributed by atoms with E-state index >= 15 is 0 Å². The number of hydrogen-bond donors (Lipinski definition) is 2. The highest BCUT2D eigenvalue weighted by molar-refractivity contribution is 7.98. The molecule has 0 saturated heterocycles. The quantitative estimate of drug-likeness (QED) is 0.812. The number of thioether (sulfide) groups is 1. The number of rotatable bonds is 5. The van der Waals surface area contributed by atoms with E-state index in [0.29, 0.717) is 11.3 Å². The largest absolute Gasteiger partial charge is 0.395 e. The molecule has 0 aliphatic carbocycles. The third kappa shape index (κ3) is 4.73. The molecular weight excluding hydrogens is 266 g/mol. The van der Waals surface area contributed by atoms with Crippen molar-refractivity contribution in [1.82, 2.24) is 5.32 Å². The maximum absolute atomic E-state index is 12.0. The van der Waals surface area contributed by atoms with Crippen LogP contribution in [0.2, 0.25) is 0 Å². The van der Waals surface area contributed by atoms with Crippen LogP contribution in [0.4, 0.5) is 0 Å². The summed E-state index contributed by atoms with van der Waals surface area (Å²) < 4.78 is 0. The van der Waals surface area contributed by atoms with E-state index < -0.39 is 0 Å². The van der Waals surface area contributed by atoms with Crippen LogP contribution in [0.25, 0.3) is 0 Å². The zero-order chi connectivity index (χ0) is 13.4. The Hall–Kier alpha value is -0.960. The van der Waals surface area contributed by atoms with E-state index in [-0.39, 0.29) is 18.6 Å². The van der Waals surface area contributed by atoms with Crippen LogP contribution in [0.3, 0.4) is 0 Å². The van der Waals surface area contributed by atoms with Crippen LogP contribution in [0.15, 0.2) is 11.4 Å². The van der Waals surface area contributed by atoms with Gasteiger partial charge in [-0.1, -0.05) is 11.8 Å². The number of hydrogen-bond acceptors (Lipinski definition) is 4. The lowest BCUT2D eigenvalue weighted by molar-refractivity contribution is 0.0947. The average Bonchev–Trinajstić information content (AvgIpc) is 2.78. The van der Waals surface area contributed by atoms with Gasteiger partial charge in [-0.25, -0.2) is 0 Å². The number of nitrogens with one attached hydrogen (secondary N) is 1. The fourth-order valence-corrected chi connectivity index (χ4v) is 2.71. The van der Waals surface area contributed by atoms with Gasteiger partial charge in [0.05, 0.1) is 6.61 Å². The molecule has 0 aromatic carbocycles. The van der Waals surface area contributed by atoms with E-state index in [2.05, 4.69) is 17.2 Å². The monoisotopic (exact) mass is 283 g/mol. The van der Waals surface area contributed by atoms with E-state index in [0.717, 1.165) is 11.3 Å². The lowest BCUT2D eigenvalue weighted by Gasteiger charge is -2.11. The first-order chi connectivity index (χ1) is 8.69. The molecule has 0 aliphatic heterocycles. The molecule has 1 aromatic heterocycles. The van der Waals surface area contributed by atoms with Gasteiger partial charge in [0.1, 0.15) is 4.88 Å². The maximum Gasteiger partial charge on any atom is 0.262 e. The molecule has 18 heavy (non-hydrogen) atoms. The Kier molecular flexibility index (Phi) is 6.88. The lowest BCUT2D eigenvalue weighted by Crippen LogP contribution is -2.34. The normalized spacial score (nSPS) is 11.5. The van der Waals surface area contributed by atoms with E-state index in [4.69, 9.17) is 5.11 Å². The van der Waals surface area contributed by atoms with Crippen LogP contribution < -0.4 is 5.32 Å². The summed E-state index contributed by atoms with van der Waals surface area (Å²) in [5, 5.41) is 13.5. The fourth-order valence-electron chi connectivity index (χ4n) is 1.38. The van der Waals surface area contributed by atoms with Crippen LogP contribution in [0.1, 0.15) is 28.6 Å². The average molecular weight is 283 g/mol. The molecule has 1 heterocycles. The predicted molar refractivity (Wildman–Crippen MR) is 78.2 cm³/mol. The van der Waals surface area contributed by atoms with E-state index in [1.54, 1.807) is 11.8 Å². The highest BCUT2D eigenvalue weighted by Gasteiger charge is 2.13. The van der Waals surface area contributed by atoms with Crippen molar-refractivity contribution in [1.29, 1.82) is 0 Å². The van der Waals surface area contributed by atoms with E-state index in [1.165, 1.54) is 11.3 Å². The van der Waals surface area contributed by atoms with Gasteiger partial charge in [-0.3, -0.25) is 4.79 Å². The number of aliphatic hydroxyl groups is 1. The molecule has 5 heteroatoms. The summed E-state index contributed by atoms with van der Waals surface area (Å²) in [6, 6.07) is 1.98. The van der Waals surface area contributed by atoms with Gasteiger partial charge in [0, 0.05) is 23.8 Å². The first-order valence-corrected chi connectivity index (χ1v) is 7.93. The van der Waals surface area contributed by atoms with Gasteiger partial charge in [-0.15, -0.1) is 11.3 Å². The molecule has 0 fully saturated rings. The molecule has 1 amide bonds. The Balaban J connectivity index is 2.69. The highest BCUT2D eigenvalue weighted by Crippen LogP contribution is 2.16. The van der Waals surface area contributed by atoms with Gasteiger partial charge in [-0.2, -0.15) is 11.8 Å². The topological polar surface area (TPSA) is 49.3 Å². The number of thiophene rings is 1. The molecule has 1 atom stereocenters. The molecule has 1 aromatic rings. The van der Waals surface area contributed by atoms with E-state index in [1.807, 2.05) is 24.6 Å². The van der Waals surface area contributed by atoms with Crippen molar-refractivity contribution in [2.45, 2.75) is 19.4 Å². The van der Waals surface area contributed by atoms with Crippen molar-refractivity contribution < 1.29 is 9.90 Å². The fraction of sp³-hybridized carbons (Fsp3) is 0.462. The second-order valence-corrected chi connectivity index (χ2v) is 5.60. The summed E-state index contributed by atoms with van der Waals surface area (Å²) in [4.78, 5) is 12.7. The van der Waals surface area contributed by atoms with Crippen molar-refractivity contribution in [2.75, 3.05) is 18.6 Å². The third-order valence-electron chi connectivity index (χ3n) is 2.13. The smallest absolute Gasteiger partial charge is 0.262 e. The van der Waals surface area contributed by atoms with Gasteiger partial charge in [0.25, 0.3) is 5.91 Å². The molecule has 0 radical (unpaired) electrons. The van der Waals surface area contributed by atoms with Crippen molar-refractivity contribution in [3.63, 3.8) is 0 Å². The van der Waals surface area contributed by atoms with Crippen molar-refractivity contribution in [2.24, 2.45) is 0 Å². The molecule has 98 valence electrons. The zero-order valence-corrected chi connectivity index (χ0v) is 12.2. The van der Waals surface area contributed by atoms with Gasteiger partial charge < -0.3 is 10.4 Å². The molecule has 0 spiro atoms. The Bertz CT molecular complexity index is 445. The molecule has 3 nitrogen and oxygen atoms in total. The highest BCUT2D eigenvalue weighted by atomic mass is 32.2. The van der Waals surface area contributed by atoms with Crippen LogP contribution in [0, 0.1) is 11.8 Å². The number of aliphatic hydroxyl groups excluding tert-OH is 1. The summed E-state index contributed by atoms with van der Waals surface area (Å²) in [6.45, 7) is 2.03. The molecule has 1 unspecified atom stereocenters. The molecule has 0 saturated carbocycles. The van der Waals surface area contributed by atoms with Crippen molar-refractivity contribution in [3.8, 4) is 11.8 Å². The SMILES string of the molecule is CSCC(C)NC(=O)c1sccc1C#CCCO. The number of amides is 1. The summed E-state index contributed by atoms with van der Waals surface area (Å²) >= 11 is 3.09. The summed E-state index contributed by atoms with van der Waals surface area (Å²) in [6.07, 6.45) is 2.44. The molecular formula is C13H17NO2S2. The van der Waals surface area contributed by atoms with Crippen LogP contribution in [-0.2, 0) is 0 Å². The number of carbonyl (C=O) groups is 1. The first kappa shape index (κ1) is 15.1. The molecule has 2 N–H and O–H groups in total. The Morgan fingerprint density at radius 1 is 1.67 bits per heavy atom. The zero-order valence-electron chi connectivity index (χ0n) is 10.5. The minimum absolute atomic E-state index is 0.0451. The Labute approximate surface area is 116 Å². The second-order valence-electron chi connectivity index (χ2n) is 3.77. The lowest BCUT2D eigenvalue weighted by atomic mass is 10.2. The third-order valence-corrected chi connectivity index (χ3v) is 3.87. The molecule has 1 rings (SSSR count). The maximum atomic E-state index is 12.0. The molecule has 0 aliphatic rings. The Morgan fingerprint density at radius 2 is 2.44 bits per heavy atom. The first-order valence-electron chi connectivity index (χ1n) is 5.66. The molecule has 0 bridgehead atoms. The minimum atomic E-state index is -0.0696. The van der Waals surface area contributed by atoms with E-state index in [9.17, 15) is 4.79 Å². The van der Waals surface area contributed by atoms with Crippen molar-refractivity contribution >= 4 is 29.0 Å². The summed E-state index contributed by atoms with van der Waals surface area (Å²) in [7, 11) is 0. The van der Waals surface area contributed by atoms with Gasteiger partial charge >= 0.3 is 0 Å². The van der Waals surface area contributed by atoms with Gasteiger partial charge in [0.15, 0.2) is 0 Å². The number of carbonyl (C=O) groups excluding carboxylic acids is 1. The Morgan fingerprint density at radius 3 is 3.11 bits per heavy atom. The van der Waals surface area contributed by atoms with Gasteiger partial charge in [0.2, 0.25) is 0 Å². The van der Waals surface area contributed by atoms with Crippen molar-refractivity contribution in [3.05, 3.63) is 21.9 Å². The standard InChI is InChI=1S/C13H17NO2S2/c1-10(9-17-2)14-13(16)12-11(6-8-18-12)5-3-4-7-15/h6,8,10,15H,4,7,9H2,1-2H3,(H,14,16). The van der Waals surface area contributed by atoms with Crippen LogP contribution >= 0.6 is 23.1 Å².